The fraction of sp³-hybridized carbons (Fsp3) is 0.154. The number of para-hydroxylation sites is 2. The van der Waals surface area contributed by atoms with E-state index in [1.807, 2.05) is 6.07 Å². The van der Waals surface area contributed by atoms with Gasteiger partial charge in [0.1, 0.15) is 11.6 Å². The van der Waals surface area contributed by atoms with Crippen molar-refractivity contribution < 1.29 is 9.66 Å². The van der Waals surface area contributed by atoms with Crippen LogP contribution in [-0.2, 0) is 0 Å². The summed E-state index contributed by atoms with van der Waals surface area (Å²) in [7, 11) is 3.23. The second-order valence-electron chi connectivity index (χ2n) is 3.90. The summed E-state index contributed by atoms with van der Waals surface area (Å²) in [6, 6.07) is 10.1. The summed E-state index contributed by atoms with van der Waals surface area (Å²) in [5.74, 6) is 1.28. The van der Waals surface area contributed by atoms with Crippen molar-refractivity contribution in [1.29, 1.82) is 0 Å². The molecule has 7 nitrogen and oxygen atoms in total. The normalized spacial score (nSPS) is 9.90. The molecule has 0 bridgehead atoms. The largest absolute Gasteiger partial charge is 0.495 e. The van der Waals surface area contributed by atoms with E-state index in [9.17, 15) is 10.1 Å². The van der Waals surface area contributed by atoms with Crippen molar-refractivity contribution in [3.05, 3.63) is 46.5 Å². The maximum Gasteiger partial charge on any atom is 0.311 e. The lowest BCUT2D eigenvalue weighted by atomic mass is 10.3. The zero-order chi connectivity index (χ0) is 14.5. The maximum atomic E-state index is 11.0. The Bertz CT molecular complexity index is 631. The van der Waals surface area contributed by atoms with Crippen molar-refractivity contribution in [1.82, 2.24) is 4.98 Å². The lowest BCUT2D eigenvalue weighted by molar-refractivity contribution is -0.384. The SMILES string of the molecule is CNc1ccc([N+](=O)[O-])c(Nc2ccccc2OC)n1. The van der Waals surface area contributed by atoms with Gasteiger partial charge in [-0.2, -0.15) is 0 Å². The number of methoxy groups -OCH3 is 1. The summed E-state index contributed by atoms with van der Waals surface area (Å²) in [5.41, 5.74) is 0.508. The van der Waals surface area contributed by atoms with Gasteiger partial charge in [-0.3, -0.25) is 10.1 Å². The minimum Gasteiger partial charge on any atom is -0.495 e. The van der Waals surface area contributed by atoms with Gasteiger partial charge in [0.05, 0.1) is 17.7 Å². The van der Waals surface area contributed by atoms with E-state index in [0.29, 0.717) is 17.3 Å². The summed E-state index contributed by atoms with van der Waals surface area (Å²) >= 11 is 0. The number of hydrogen-bond donors (Lipinski definition) is 2. The molecule has 2 aromatic rings. The monoisotopic (exact) mass is 274 g/mol. The van der Waals surface area contributed by atoms with E-state index < -0.39 is 4.92 Å². The highest BCUT2D eigenvalue weighted by Crippen LogP contribution is 2.31. The number of nitro groups is 1. The first kappa shape index (κ1) is 13.6. The molecular weight excluding hydrogens is 260 g/mol. The minimum absolute atomic E-state index is 0.102. The molecule has 0 saturated heterocycles. The number of rotatable bonds is 5. The Hall–Kier alpha value is -2.83. The zero-order valence-corrected chi connectivity index (χ0v) is 11.1. The van der Waals surface area contributed by atoms with Crippen LogP contribution in [0.3, 0.4) is 0 Å². The smallest absolute Gasteiger partial charge is 0.311 e. The van der Waals surface area contributed by atoms with Crippen LogP contribution in [0.1, 0.15) is 0 Å². The van der Waals surface area contributed by atoms with Gasteiger partial charge in [-0.25, -0.2) is 4.98 Å². The molecule has 2 N–H and O–H groups in total. The van der Waals surface area contributed by atoms with Crippen molar-refractivity contribution in [3.8, 4) is 5.75 Å². The predicted octanol–water partition coefficient (Wildman–Crippen LogP) is 2.78. The topological polar surface area (TPSA) is 89.3 Å². The van der Waals surface area contributed by atoms with Crippen LogP contribution in [0.2, 0.25) is 0 Å². The van der Waals surface area contributed by atoms with Crippen molar-refractivity contribution in [3.63, 3.8) is 0 Å². The number of hydrogen-bond acceptors (Lipinski definition) is 6. The summed E-state index contributed by atoms with van der Waals surface area (Å²) in [5, 5.41) is 16.8. The third kappa shape index (κ3) is 2.77. The van der Waals surface area contributed by atoms with Gasteiger partial charge < -0.3 is 15.4 Å². The Morgan fingerprint density at radius 2 is 2.00 bits per heavy atom. The highest BCUT2D eigenvalue weighted by molar-refractivity contribution is 5.71. The minimum atomic E-state index is -0.482. The number of nitrogens with zero attached hydrogens (tertiary/aromatic N) is 2. The Kier molecular flexibility index (Phi) is 3.99. The molecule has 0 atom stereocenters. The Morgan fingerprint density at radius 3 is 2.65 bits per heavy atom. The molecule has 0 unspecified atom stereocenters. The number of benzene rings is 1. The molecule has 0 aliphatic rings. The molecule has 0 spiro atoms. The van der Waals surface area contributed by atoms with Gasteiger partial charge >= 0.3 is 5.69 Å². The first-order valence-corrected chi connectivity index (χ1v) is 5.89. The molecule has 104 valence electrons. The molecule has 0 aliphatic carbocycles. The van der Waals surface area contributed by atoms with Gasteiger partial charge in [0.25, 0.3) is 0 Å². The van der Waals surface area contributed by atoms with Crippen LogP contribution in [0.25, 0.3) is 0 Å². The number of anilines is 3. The molecule has 1 aromatic heterocycles. The highest BCUT2D eigenvalue weighted by Gasteiger charge is 2.17. The lowest BCUT2D eigenvalue weighted by Gasteiger charge is -2.11. The molecule has 0 saturated carbocycles. The molecule has 0 radical (unpaired) electrons. The molecule has 7 heteroatoms. The molecule has 1 aromatic carbocycles. The third-order valence-corrected chi connectivity index (χ3v) is 2.69. The van der Waals surface area contributed by atoms with E-state index in [1.54, 1.807) is 31.3 Å². The van der Waals surface area contributed by atoms with Crippen molar-refractivity contribution in [2.75, 3.05) is 24.8 Å². The standard InChI is InChI=1S/C13H14N4O3/c1-14-12-8-7-10(17(18)19)13(16-12)15-9-5-3-4-6-11(9)20-2/h3-8H,1-2H3,(H2,14,15,16). The molecule has 1 heterocycles. The number of pyridine rings is 1. The lowest BCUT2D eigenvalue weighted by Crippen LogP contribution is -2.03. The Balaban J connectivity index is 2.43. The van der Waals surface area contributed by atoms with Gasteiger partial charge in [0.15, 0.2) is 0 Å². The summed E-state index contributed by atoms with van der Waals surface area (Å²) in [6.07, 6.45) is 0. The fourth-order valence-electron chi connectivity index (χ4n) is 1.71. The second-order valence-corrected chi connectivity index (χ2v) is 3.90. The highest BCUT2D eigenvalue weighted by atomic mass is 16.6. The molecule has 0 aliphatic heterocycles. The average molecular weight is 274 g/mol. The molecule has 0 fully saturated rings. The van der Waals surface area contributed by atoms with Crippen LogP contribution in [0, 0.1) is 10.1 Å². The number of aromatic nitrogens is 1. The van der Waals surface area contributed by atoms with Gasteiger partial charge in [-0.15, -0.1) is 0 Å². The molecule has 0 amide bonds. The van der Waals surface area contributed by atoms with E-state index >= 15 is 0 Å². The van der Waals surface area contributed by atoms with Gasteiger partial charge in [0.2, 0.25) is 5.82 Å². The van der Waals surface area contributed by atoms with E-state index in [2.05, 4.69) is 15.6 Å². The van der Waals surface area contributed by atoms with Gasteiger partial charge in [-0.1, -0.05) is 12.1 Å². The van der Waals surface area contributed by atoms with Crippen LogP contribution in [0.5, 0.6) is 5.75 Å². The average Bonchev–Trinajstić information content (AvgIpc) is 2.47. The predicted molar refractivity (Wildman–Crippen MR) is 76.7 cm³/mol. The van der Waals surface area contributed by atoms with E-state index in [1.165, 1.54) is 13.2 Å². The second kappa shape index (κ2) is 5.87. The summed E-state index contributed by atoms with van der Waals surface area (Å²) < 4.78 is 5.20. The van der Waals surface area contributed by atoms with Gasteiger partial charge in [0, 0.05) is 13.1 Å². The van der Waals surface area contributed by atoms with Crippen molar-refractivity contribution in [2.24, 2.45) is 0 Å². The van der Waals surface area contributed by atoms with Crippen molar-refractivity contribution in [2.45, 2.75) is 0 Å². The first-order valence-electron chi connectivity index (χ1n) is 5.89. The van der Waals surface area contributed by atoms with Crippen LogP contribution in [-0.4, -0.2) is 24.1 Å². The van der Waals surface area contributed by atoms with Crippen LogP contribution >= 0.6 is 0 Å². The van der Waals surface area contributed by atoms with E-state index in [4.69, 9.17) is 4.74 Å². The molecular formula is C13H14N4O3. The summed E-state index contributed by atoms with van der Waals surface area (Å²) in [4.78, 5) is 14.7. The quantitative estimate of drug-likeness (QED) is 0.643. The third-order valence-electron chi connectivity index (χ3n) is 2.69. The van der Waals surface area contributed by atoms with Gasteiger partial charge in [-0.05, 0) is 18.2 Å². The Labute approximate surface area is 115 Å². The maximum absolute atomic E-state index is 11.0. The van der Waals surface area contributed by atoms with E-state index in [-0.39, 0.29) is 11.5 Å². The first-order chi connectivity index (χ1) is 9.65. The molecule has 2 rings (SSSR count). The van der Waals surface area contributed by atoms with Crippen LogP contribution < -0.4 is 15.4 Å². The summed E-state index contributed by atoms with van der Waals surface area (Å²) in [6.45, 7) is 0. The van der Waals surface area contributed by atoms with Crippen LogP contribution in [0.4, 0.5) is 23.0 Å². The number of nitrogens with one attached hydrogen (secondary N) is 2. The molecule has 20 heavy (non-hydrogen) atoms. The van der Waals surface area contributed by atoms with E-state index in [0.717, 1.165) is 0 Å². The fourth-order valence-corrected chi connectivity index (χ4v) is 1.71. The van der Waals surface area contributed by atoms with Crippen LogP contribution in [0.15, 0.2) is 36.4 Å². The number of ether oxygens (including phenoxy) is 1. The zero-order valence-electron chi connectivity index (χ0n) is 11.1. The Morgan fingerprint density at radius 1 is 1.25 bits per heavy atom. The van der Waals surface area contributed by atoms with Crippen molar-refractivity contribution >= 4 is 23.0 Å².